The summed E-state index contributed by atoms with van der Waals surface area (Å²) in [4.78, 5) is 109. The second-order valence-electron chi connectivity index (χ2n) is 21.3. The Morgan fingerprint density at radius 1 is 0.404 bits per heavy atom. The first-order valence-corrected chi connectivity index (χ1v) is 30.2. The molecule has 0 aromatic heterocycles. The fraction of sp³-hybridized carbons (Fsp3) is 0.804. The molecular formula is C56H106N14O19. The third-order valence-corrected chi connectivity index (χ3v) is 13.2. The van der Waals surface area contributed by atoms with Crippen LogP contribution in [0.3, 0.4) is 0 Å². The quantitative estimate of drug-likeness (QED) is 0.00936. The number of primary amides is 1. The van der Waals surface area contributed by atoms with Crippen LogP contribution in [0.1, 0.15) is 106 Å². The van der Waals surface area contributed by atoms with Crippen LogP contribution in [0.15, 0.2) is 10.3 Å². The van der Waals surface area contributed by atoms with Crippen LogP contribution in [0.5, 0.6) is 0 Å². The average molecular weight is 1280 g/mol. The van der Waals surface area contributed by atoms with Crippen LogP contribution in [0.2, 0.25) is 0 Å². The number of rotatable bonds is 59. The van der Waals surface area contributed by atoms with Crippen molar-refractivity contribution in [3.63, 3.8) is 0 Å². The van der Waals surface area contributed by atoms with Crippen molar-refractivity contribution < 1.29 is 91.5 Å². The van der Waals surface area contributed by atoms with E-state index in [4.69, 9.17) is 49.4 Å². The van der Waals surface area contributed by atoms with E-state index < -0.39 is 22.9 Å². The number of unbranched alkanes of at least 4 members (excludes halogenated alkanes) is 1. The van der Waals surface area contributed by atoms with Gasteiger partial charge >= 0.3 is 0 Å². The zero-order chi connectivity index (χ0) is 66.4. The van der Waals surface area contributed by atoms with Crippen LogP contribution in [0.25, 0.3) is 0 Å². The van der Waals surface area contributed by atoms with Gasteiger partial charge in [0.1, 0.15) is 26.4 Å². The summed E-state index contributed by atoms with van der Waals surface area (Å²) < 4.78 is 42.5. The number of nitrogens with two attached hydrogens (primary N) is 2. The van der Waals surface area contributed by atoms with Crippen LogP contribution < -0.4 is 64.6 Å². The Balaban J connectivity index is 3.88. The van der Waals surface area contributed by atoms with E-state index in [1.165, 1.54) is 0 Å². The predicted molar refractivity (Wildman–Crippen MR) is 327 cm³/mol. The summed E-state index contributed by atoms with van der Waals surface area (Å²) in [6, 6.07) is -0.390. The second-order valence-corrected chi connectivity index (χ2v) is 21.3. The second kappa shape index (κ2) is 53.6. The van der Waals surface area contributed by atoms with Crippen LogP contribution >= 0.6 is 0 Å². The highest BCUT2D eigenvalue weighted by atomic mass is 16.5. The minimum absolute atomic E-state index is 0.0408. The molecule has 33 nitrogen and oxygen atoms in total. The van der Waals surface area contributed by atoms with Gasteiger partial charge < -0.3 is 113 Å². The van der Waals surface area contributed by atoms with Crippen molar-refractivity contribution in [3.05, 3.63) is 0 Å². The van der Waals surface area contributed by atoms with Crippen molar-refractivity contribution in [2.75, 3.05) is 165 Å². The van der Waals surface area contributed by atoms with Crippen molar-refractivity contribution >= 4 is 64.6 Å². The van der Waals surface area contributed by atoms with Gasteiger partial charge in [-0.05, 0) is 73.6 Å². The number of carbonyl (C=O) groups is 9. The highest BCUT2D eigenvalue weighted by Crippen LogP contribution is 2.12. The Morgan fingerprint density at radius 2 is 0.730 bits per heavy atom. The zero-order valence-corrected chi connectivity index (χ0v) is 53.3. The smallest absolute Gasteiger partial charge is 0.246 e. The summed E-state index contributed by atoms with van der Waals surface area (Å²) in [7, 11) is 0. The minimum Gasteiger partial charge on any atom is -0.411 e. The van der Waals surface area contributed by atoms with E-state index in [1.54, 1.807) is 13.8 Å². The predicted octanol–water partition coefficient (Wildman–Crippen LogP) is -3.23. The molecule has 0 bridgehead atoms. The number of nitrogens with one attached hydrogen (secondary N) is 10. The van der Waals surface area contributed by atoms with E-state index in [0.29, 0.717) is 69.6 Å². The number of carbonyl (C=O) groups excluding carboxylic acids is 9. The molecule has 0 rings (SSSR count). The van der Waals surface area contributed by atoms with Crippen molar-refractivity contribution in [3.8, 4) is 0 Å². The Labute approximate surface area is 523 Å². The molecule has 514 valence electrons. The Morgan fingerprint density at radius 3 is 1.09 bits per heavy atom. The molecule has 0 radical (unpaired) electrons. The molecule has 33 heteroatoms. The first-order valence-electron chi connectivity index (χ1n) is 30.2. The Hall–Kier alpha value is -6.27. The normalized spacial score (nSPS) is 12.6. The van der Waals surface area contributed by atoms with Gasteiger partial charge in [-0.2, -0.15) is 0 Å². The lowest BCUT2D eigenvalue weighted by Gasteiger charge is -2.32. The number of oxime groups is 2. The highest BCUT2D eigenvalue weighted by Gasteiger charge is 2.27. The van der Waals surface area contributed by atoms with E-state index in [9.17, 15) is 53.6 Å². The van der Waals surface area contributed by atoms with E-state index in [2.05, 4.69) is 63.5 Å². The summed E-state index contributed by atoms with van der Waals surface area (Å²) in [5.74, 6) is -3.19. The molecule has 0 aromatic carbocycles. The molecule has 0 aliphatic rings. The van der Waals surface area contributed by atoms with Gasteiger partial charge in [0.05, 0.1) is 114 Å². The summed E-state index contributed by atoms with van der Waals surface area (Å²) in [6.07, 6.45) is 3.30. The standard InChI is InChI=1S/C56H106N14O19/c1-42(69-80)55(3,4)66-35-45(36-67-56(5,6)43(2)70-81)68-49(74)15-10-14-46(71)59-17-8-7-11-44(54(58)79)16-18-60-50(75)37-86-31-29-84-25-21-63-51(76)38-87-32-27-82-23-19-61-47(72)12-9-13-48(73)62-20-24-83-28-33-88-39-52(77)64-22-26-85-30-34-89-40-53(78)65-41-57/h44-45,66-67,80-81H,7-41,57H2,1-6H3,(H2,58,79)(H,59,71)(H,60,75)(H,61,72)(H,62,73)(H,63,76)(H,64,77)(H,65,78)(H,68,74)/b69-42-,70-43-/t44-/m1/s1. The van der Waals surface area contributed by atoms with Crippen LogP contribution in [0, 0.1) is 5.92 Å². The molecule has 16 N–H and O–H groups in total. The largest absolute Gasteiger partial charge is 0.411 e. The molecule has 0 aliphatic carbocycles. The number of amides is 9. The van der Waals surface area contributed by atoms with Gasteiger partial charge in [0.25, 0.3) is 0 Å². The van der Waals surface area contributed by atoms with E-state index in [-0.39, 0.29) is 224 Å². The minimum atomic E-state index is -0.652. The number of hydrogen-bond donors (Lipinski definition) is 14. The highest BCUT2D eigenvalue weighted by molar-refractivity contribution is 5.90. The maximum atomic E-state index is 12.9. The van der Waals surface area contributed by atoms with Crippen LogP contribution in [-0.4, -0.2) is 257 Å². The maximum absolute atomic E-state index is 12.9. The van der Waals surface area contributed by atoms with E-state index in [1.807, 2.05) is 27.7 Å². The maximum Gasteiger partial charge on any atom is 0.246 e. The fourth-order valence-corrected chi connectivity index (χ4v) is 7.29. The molecule has 0 unspecified atom stereocenters. The lowest BCUT2D eigenvalue weighted by atomic mass is 9.97. The van der Waals surface area contributed by atoms with Gasteiger partial charge in [-0.1, -0.05) is 16.7 Å². The van der Waals surface area contributed by atoms with Gasteiger partial charge in [0.15, 0.2) is 0 Å². The molecular weight excluding hydrogens is 1170 g/mol. The topological polar surface area (TPSA) is 465 Å². The monoisotopic (exact) mass is 1280 g/mol. The molecule has 89 heavy (non-hydrogen) atoms. The molecule has 1 atom stereocenters. The summed E-state index contributed by atoms with van der Waals surface area (Å²) in [5.41, 5.74) is 10.4. The van der Waals surface area contributed by atoms with Crippen LogP contribution in [0.4, 0.5) is 0 Å². The van der Waals surface area contributed by atoms with E-state index >= 15 is 0 Å². The number of hydrogen-bond acceptors (Lipinski definition) is 24. The molecule has 0 heterocycles. The Kier molecular flexibility index (Phi) is 49.8. The SMILES string of the molecule is C/C(=N/O)C(C)(C)NCC(CNC(C)(C)/C(C)=N\O)NC(=O)CCCC(=O)NCCCC[C@H](CCNC(=O)COCCOCCNC(=O)COCCOCCNC(=O)CCCC(=O)NCCOCCOCC(=O)NCCOCCOCC(=O)NCN)C(N)=O. The molecule has 0 aliphatic heterocycles. The lowest BCUT2D eigenvalue weighted by Crippen LogP contribution is -2.57. The number of nitrogens with zero attached hydrogens (tertiary/aromatic N) is 2. The lowest BCUT2D eigenvalue weighted by molar-refractivity contribution is -0.127. The fourth-order valence-electron chi connectivity index (χ4n) is 7.29. The van der Waals surface area contributed by atoms with E-state index in [0.717, 1.165) is 0 Å². The molecule has 0 fully saturated rings. The summed E-state index contributed by atoms with van der Waals surface area (Å²) in [6.45, 7) is 15.0. The molecule has 9 amide bonds. The molecule has 0 saturated carbocycles. The average Bonchev–Trinajstić information content (AvgIpc) is 3.41. The first kappa shape index (κ1) is 82.7. The summed E-state index contributed by atoms with van der Waals surface area (Å²) >= 11 is 0. The molecule has 0 saturated heterocycles. The molecule has 0 spiro atoms. The third-order valence-electron chi connectivity index (χ3n) is 13.2. The van der Waals surface area contributed by atoms with Gasteiger partial charge in [0.2, 0.25) is 53.2 Å². The van der Waals surface area contributed by atoms with Crippen molar-refractivity contribution in [1.29, 1.82) is 0 Å². The zero-order valence-electron chi connectivity index (χ0n) is 53.3. The Bertz CT molecular complexity index is 2040. The van der Waals surface area contributed by atoms with Crippen molar-refractivity contribution in [2.24, 2.45) is 27.7 Å². The van der Waals surface area contributed by atoms with Gasteiger partial charge in [-0.3, -0.25) is 43.2 Å². The van der Waals surface area contributed by atoms with Crippen molar-refractivity contribution in [2.45, 2.75) is 123 Å². The van der Waals surface area contributed by atoms with Crippen LogP contribution in [-0.2, 0) is 81.0 Å². The molecule has 0 aromatic rings. The third kappa shape index (κ3) is 49.2. The van der Waals surface area contributed by atoms with Gasteiger partial charge in [-0.25, -0.2) is 0 Å². The number of ether oxygens (including phenoxy) is 8. The first-order chi connectivity index (χ1) is 42.6. The summed E-state index contributed by atoms with van der Waals surface area (Å²) in [5, 5.41) is 53.3. The van der Waals surface area contributed by atoms with Gasteiger partial charge in [0, 0.05) is 84.0 Å². The van der Waals surface area contributed by atoms with Gasteiger partial charge in [-0.15, -0.1) is 0 Å². The van der Waals surface area contributed by atoms with Crippen molar-refractivity contribution in [1.82, 2.24) is 53.2 Å².